The number of hydrogen-bond donors (Lipinski definition) is 0. The van der Waals surface area contributed by atoms with Gasteiger partial charge in [0.05, 0.1) is 11.1 Å². The van der Waals surface area contributed by atoms with Crippen LogP contribution in [0, 0.1) is 45.3 Å². The monoisotopic (exact) mass is 574 g/mol. The van der Waals surface area contributed by atoms with Crippen molar-refractivity contribution in [3.05, 3.63) is 70.7 Å². The molecule has 8 nitrogen and oxygen atoms in total. The number of nitriles is 4. The number of benzene rings is 3. The highest BCUT2D eigenvalue weighted by Crippen LogP contribution is 2.44. The van der Waals surface area contributed by atoms with Crippen LogP contribution in [0.4, 0.5) is 26.3 Å². The first kappa shape index (κ1) is 27.4. The summed E-state index contributed by atoms with van der Waals surface area (Å²) in [5.41, 5.74) is -4.72. The van der Waals surface area contributed by atoms with Gasteiger partial charge in [-0.2, -0.15) is 47.4 Å². The molecule has 0 N–H and O–H groups in total. The molecule has 0 fully saturated rings. The summed E-state index contributed by atoms with van der Waals surface area (Å²) in [5.74, 6) is 0. The van der Waals surface area contributed by atoms with E-state index in [2.05, 4.69) is 9.97 Å². The van der Waals surface area contributed by atoms with Gasteiger partial charge in [0.2, 0.25) is 22.3 Å². The second-order valence-corrected chi connectivity index (χ2v) is 8.49. The molecular weight excluding hydrogens is 566 g/mol. The van der Waals surface area contributed by atoms with Crippen LogP contribution in [0.15, 0.2) is 57.4 Å². The summed E-state index contributed by atoms with van der Waals surface area (Å²) in [6.45, 7) is 0. The summed E-state index contributed by atoms with van der Waals surface area (Å²) >= 11 is 0. The number of fused-ring (bicyclic) bond motifs is 3. The van der Waals surface area contributed by atoms with Crippen LogP contribution in [-0.2, 0) is 12.4 Å². The van der Waals surface area contributed by atoms with Crippen molar-refractivity contribution in [2.75, 3.05) is 0 Å². The normalized spacial score (nSPS) is 11.5. The van der Waals surface area contributed by atoms with Gasteiger partial charge in [0, 0.05) is 11.1 Å². The van der Waals surface area contributed by atoms with E-state index in [1.54, 1.807) is 24.3 Å². The fraction of sp³-hybridized carbons (Fsp3) is 0.0714. The summed E-state index contributed by atoms with van der Waals surface area (Å²) in [7, 11) is 0. The molecule has 2 aromatic heterocycles. The van der Waals surface area contributed by atoms with Gasteiger partial charge in [0.25, 0.3) is 0 Å². The predicted molar refractivity (Wildman–Crippen MR) is 131 cm³/mol. The first-order valence-electron chi connectivity index (χ1n) is 11.4. The molecule has 0 atom stereocenters. The minimum atomic E-state index is -4.68. The van der Waals surface area contributed by atoms with Crippen molar-refractivity contribution in [1.29, 1.82) is 21.0 Å². The van der Waals surface area contributed by atoms with E-state index in [-0.39, 0.29) is 44.5 Å². The van der Waals surface area contributed by atoms with Crippen molar-refractivity contribution in [3.8, 4) is 46.5 Å². The van der Waals surface area contributed by atoms with Crippen molar-refractivity contribution >= 4 is 33.3 Å². The highest BCUT2D eigenvalue weighted by atomic mass is 19.4. The Labute approximate surface area is 229 Å². The number of alkyl halides is 6. The summed E-state index contributed by atoms with van der Waals surface area (Å²) in [6, 6.07) is 13.9. The van der Waals surface area contributed by atoms with Gasteiger partial charge in [-0.25, -0.2) is 9.97 Å². The van der Waals surface area contributed by atoms with Crippen LogP contribution in [-0.4, -0.2) is 9.97 Å². The molecule has 0 aliphatic rings. The number of halogens is 6. The SMILES string of the molecule is N#CC(C#N)=c1nc2c(-c3ccc(C(F)(F)F)cc3)c(-c3ccc(C(F)(F)F)cc3)c3nc(=C(C#N)C#N)oc3c2o1. The predicted octanol–water partition coefficient (Wildman–Crippen LogP) is 5.74. The third-order valence-corrected chi connectivity index (χ3v) is 6.06. The van der Waals surface area contributed by atoms with E-state index in [0.29, 0.717) is 0 Å². The number of rotatable bonds is 2. The van der Waals surface area contributed by atoms with E-state index in [1.165, 1.54) is 0 Å². The van der Waals surface area contributed by atoms with Crippen LogP contribution in [0.2, 0.25) is 0 Å². The van der Waals surface area contributed by atoms with Crippen LogP contribution in [0.5, 0.6) is 0 Å². The lowest BCUT2D eigenvalue weighted by atomic mass is 9.91. The van der Waals surface area contributed by atoms with E-state index in [4.69, 9.17) is 8.83 Å². The van der Waals surface area contributed by atoms with Gasteiger partial charge in [-0.05, 0) is 35.4 Å². The van der Waals surface area contributed by atoms with Crippen LogP contribution < -0.4 is 11.1 Å². The third kappa shape index (κ3) is 4.53. The largest absolute Gasteiger partial charge is 0.431 e. The highest BCUT2D eigenvalue weighted by Gasteiger charge is 2.32. The molecule has 0 spiro atoms. The maximum atomic E-state index is 13.3. The molecule has 3 aromatic carbocycles. The van der Waals surface area contributed by atoms with Gasteiger partial charge in [-0.15, -0.1) is 0 Å². The molecule has 0 aliphatic carbocycles. The molecule has 204 valence electrons. The summed E-state index contributed by atoms with van der Waals surface area (Å²) < 4.78 is 91.2. The quantitative estimate of drug-likeness (QED) is 0.243. The number of oxazole rings is 2. The molecule has 0 aliphatic heterocycles. The summed E-state index contributed by atoms with van der Waals surface area (Å²) in [6.07, 6.45) is -9.36. The Balaban J connectivity index is 2.03. The molecule has 0 bridgehead atoms. The van der Waals surface area contributed by atoms with Crippen LogP contribution in [0.25, 0.3) is 55.6 Å². The van der Waals surface area contributed by atoms with Crippen LogP contribution in [0.3, 0.4) is 0 Å². The third-order valence-electron chi connectivity index (χ3n) is 6.06. The van der Waals surface area contributed by atoms with Crippen molar-refractivity contribution in [3.63, 3.8) is 0 Å². The average molecular weight is 574 g/mol. The minimum Gasteiger partial charge on any atom is -0.431 e. The van der Waals surface area contributed by atoms with Crippen LogP contribution in [0.1, 0.15) is 11.1 Å². The Morgan fingerprint density at radius 3 is 1.12 bits per heavy atom. The van der Waals surface area contributed by atoms with E-state index in [9.17, 15) is 47.4 Å². The zero-order chi connectivity index (χ0) is 30.4. The maximum absolute atomic E-state index is 13.3. The van der Waals surface area contributed by atoms with Crippen LogP contribution >= 0.6 is 0 Å². The van der Waals surface area contributed by atoms with Crippen molar-refractivity contribution in [2.24, 2.45) is 0 Å². The van der Waals surface area contributed by atoms with Gasteiger partial charge in [0.1, 0.15) is 35.3 Å². The molecule has 0 saturated heterocycles. The molecule has 0 amide bonds. The van der Waals surface area contributed by atoms with Crippen molar-refractivity contribution in [2.45, 2.75) is 12.4 Å². The topological polar surface area (TPSA) is 147 Å². The zero-order valence-corrected chi connectivity index (χ0v) is 20.4. The Morgan fingerprint density at radius 2 is 0.857 bits per heavy atom. The lowest BCUT2D eigenvalue weighted by Crippen LogP contribution is -2.05. The smallest absolute Gasteiger partial charge is 0.416 e. The molecule has 5 rings (SSSR count). The van der Waals surface area contributed by atoms with Crippen molar-refractivity contribution < 1.29 is 35.2 Å². The molecule has 0 unspecified atom stereocenters. The van der Waals surface area contributed by atoms with Gasteiger partial charge < -0.3 is 8.83 Å². The molecule has 14 heteroatoms. The lowest BCUT2D eigenvalue weighted by molar-refractivity contribution is -0.138. The minimum absolute atomic E-state index is 0.00604. The molecule has 42 heavy (non-hydrogen) atoms. The standard InChI is InChI=1S/C28H8F6N6O2/c29-27(30,31)17-5-1-13(2-6-17)19-20(14-3-7-18(8-4-14)28(32,33)34)22-24(42-26(40-22)16(11-37)12-38)23-21(19)39-25(41-23)15(9-35)10-36/h1-8H. The van der Waals surface area contributed by atoms with Gasteiger partial charge in [-0.1, -0.05) is 24.3 Å². The lowest BCUT2D eigenvalue weighted by Gasteiger charge is -2.14. The summed E-state index contributed by atoms with van der Waals surface area (Å²) in [4.78, 5) is 8.43. The maximum Gasteiger partial charge on any atom is 0.416 e. The Morgan fingerprint density at radius 1 is 0.548 bits per heavy atom. The first-order chi connectivity index (χ1) is 19.9. The fourth-order valence-electron chi connectivity index (χ4n) is 4.19. The second-order valence-electron chi connectivity index (χ2n) is 8.49. The van der Waals surface area contributed by atoms with E-state index >= 15 is 0 Å². The highest BCUT2D eigenvalue weighted by molar-refractivity contribution is 6.15. The summed E-state index contributed by atoms with van der Waals surface area (Å²) in [5, 5.41) is 37.4. The number of aromatic nitrogens is 2. The van der Waals surface area contributed by atoms with Crippen molar-refractivity contribution in [1.82, 2.24) is 9.97 Å². The first-order valence-corrected chi connectivity index (χ1v) is 11.4. The van der Waals surface area contributed by atoms with E-state index in [0.717, 1.165) is 48.5 Å². The van der Waals surface area contributed by atoms with E-state index < -0.39 is 45.7 Å². The number of hydrogen-bond acceptors (Lipinski definition) is 8. The van der Waals surface area contributed by atoms with E-state index in [1.807, 2.05) is 0 Å². The molecule has 2 heterocycles. The molecule has 5 aromatic rings. The number of nitrogens with zero attached hydrogens (tertiary/aromatic N) is 6. The molecule has 0 radical (unpaired) electrons. The fourth-order valence-corrected chi connectivity index (χ4v) is 4.19. The zero-order valence-electron chi connectivity index (χ0n) is 20.4. The van der Waals surface area contributed by atoms with Gasteiger partial charge in [0.15, 0.2) is 11.1 Å². The average Bonchev–Trinajstić information content (AvgIpc) is 3.58. The Kier molecular flexibility index (Phi) is 6.41. The second kappa shape index (κ2) is 9.81. The Bertz CT molecular complexity index is 2010. The van der Waals surface area contributed by atoms with Gasteiger partial charge >= 0.3 is 12.4 Å². The molecular formula is C28H8F6N6O2. The molecule has 0 saturated carbocycles. The Hall–Kier alpha value is -6.12. The van der Waals surface area contributed by atoms with Gasteiger partial charge in [-0.3, -0.25) is 0 Å².